The fraction of sp³-hybridized carbons (Fsp3) is 0.468. The zero-order valence-corrected chi connectivity index (χ0v) is 73.1. The van der Waals surface area contributed by atoms with Gasteiger partial charge in [0, 0.05) is 142 Å². The molecule has 10 heterocycles. The third kappa shape index (κ3) is 31.1. The SMILES string of the molecule is C1CNCCN1.C=C=Nc1ccc(C(C)(C)C)cc1.Cc1cc(Cl)nnc1Cl.Cc1cc(Cl)nnc1N1CCN(C(=O)Nc2ccc(C(C)(C)C)cc2)CC1.Cc1cc(Cl)nnc1N1CCNCC1.Cc1cc(N2CCN(C(=O)Nc3ccc(C(C)(C)C)cc3)CC2)nnc1Cl.Cc1cc(N2CCNCC2)nnc1Cl.I. The molecule has 8 aromatic rings. The number of carbonyl (C=O) groups excluding carboxylic acids is 2. The van der Waals surface area contributed by atoms with E-state index in [0.29, 0.717) is 83.3 Å². The largest absolute Gasteiger partial charge is 0.353 e. The highest BCUT2D eigenvalue weighted by molar-refractivity contribution is 14.0. The number of aromatic nitrogens is 10. The van der Waals surface area contributed by atoms with Gasteiger partial charge < -0.3 is 61.3 Å². The van der Waals surface area contributed by atoms with Gasteiger partial charge in [-0.2, -0.15) is 0 Å². The monoisotopic (exact) mass is 1750 g/mol. The van der Waals surface area contributed by atoms with Crippen molar-refractivity contribution in [3.8, 4) is 0 Å². The lowest BCUT2D eigenvalue weighted by Crippen LogP contribution is -2.50. The van der Waals surface area contributed by atoms with Crippen molar-refractivity contribution >= 4 is 152 Å². The second-order valence-corrected chi connectivity index (χ2v) is 32.1. The zero-order chi connectivity index (χ0) is 80.1. The highest BCUT2D eigenvalue weighted by atomic mass is 127. The van der Waals surface area contributed by atoms with Gasteiger partial charge in [0.25, 0.3) is 0 Å². The molecule has 13 rings (SSSR count). The van der Waals surface area contributed by atoms with E-state index in [-0.39, 0.29) is 52.3 Å². The molecule has 0 radical (unpaired) electrons. The Bertz CT molecular complexity index is 4240. The maximum absolute atomic E-state index is 12.6. The van der Waals surface area contributed by atoms with Crippen LogP contribution in [0, 0.1) is 34.6 Å². The van der Waals surface area contributed by atoms with Crippen LogP contribution in [0.3, 0.4) is 0 Å². The van der Waals surface area contributed by atoms with Crippen LogP contribution in [0.15, 0.2) is 115 Å². The summed E-state index contributed by atoms with van der Waals surface area (Å²) in [6.45, 7) is 50.6. The molecular weight excluding hydrogens is 1640 g/mol. The van der Waals surface area contributed by atoms with E-state index in [2.05, 4.69) is 219 Å². The molecule has 0 atom stereocenters. The van der Waals surface area contributed by atoms with Crippen LogP contribution in [-0.4, -0.2) is 210 Å². The molecular formula is C79H108Cl6IN23O2. The number of anilines is 6. The van der Waals surface area contributed by atoms with Gasteiger partial charge in [-0.15, -0.1) is 75.0 Å². The number of aryl methyl sites for hydroxylation is 5. The van der Waals surface area contributed by atoms with Crippen molar-refractivity contribution in [3.63, 3.8) is 0 Å². The third-order valence-corrected chi connectivity index (χ3v) is 19.8. The van der Waals surface area contributed by atoms with Gasteiger partial charge in [-0.3, -0.25) is 0 Å². The van der Waals surface area contributed by atoms with E-state index in [1.807, 2.05) is 105 Å². The van der Waals surface area contributed by atoms with Crippen LogP contribution < -0.4 is 51.5 Å². The molecule has 5 aromatic heterocycles. The summed E-state index contributed by atoms with van der Waals surface area (Å²) in [6, 6.07) is 33.4. The zero-order valence-electron chi connectivity index (χ0n) is 66.3. The molecule has 0 aliphatic carbocycles. The molecule has 5 aliphatic rings. The van der Waals surface area contributed by atoms with Crippen molar-refractivity contribution in [2.24, 2.45) is 4.99 Å². The van der Waals surface area contributed by atoms with Crippen LogP contribution in [-0.2, 0) is 16.2 Å². The second-order valence-electron chi connectivity index (χ2n) is 29.8. The maximum Gasteiger partial charge on any atom is 0.321 e. The van der Waals surface area contributed by atoms with Crippen molar-refractivity contribution in [3.05, 3.63) is 185 Å². The Balaban J connectivity index is 0.000000212. The van der Waals surface area contributed by atoms with E-state index < -0.39 is 0 Å². The van der Waals surface area contributed by atoms with E-state index in [1.165, 1.54) is 16.7 Å². The predicted molar refractivity (Wildman–Crippen MR) is 469 cm³/mol. The number of nitrogens with zero attached hydrogens (tertiary/aromatic N) is 17. The topological polar surface area (TPSA) is 267 Å². The van der Waals surface area contributed by atoms with Crippen LogP contribution >= 0.6 is 93.6 Å². The van der Waals surface area contributed by atoms with Crippen molar-refractivity contribution in [1.29, 1.82) is 0 Å². The molecule has 5 aliphatic heterocycles. The number of carbonyl (C=O) groups is 2. The number of aliphatic imine (C=N–C) groups is 1. The van der Waals surface area contributed by atoms with E-state index >= 15 is 0 Å². The van der Waals surface area contributed by atoms with Gasteiger partial charge in [0.05, 0.1) is 5.69 Å². The Morgan fingerprint density at radius 1 is 0.378 bits per heavy atom. The van der Waals surface area contributed by atoms with Crippen LogP contribution in [0.4, 0.5) is 49.9 Å². The minimum Gasteiger partial charge on any atom is -0.353 e. The van der Waals surface area contributed by atoms with Crippen LogP contribution in [0.1, 0.15) is 107 Å². The second kappa shape index (κ2) is 45.5. The fourth-order valence-corrected chi connectivity index (χ4v) is 12.3. The number of amides is 4. The fourth-order valence-electron chi connectivity index (χ4n) is 11.4. The van der Waals surface area contributed by atoms with Crippen molar-refractivity contribution in [1.82, 2.24) is 82.1 Å². The molecule has 32 heteroatoms. The number of nitrogens with one attached hydrogen (secondary N) is 6. The van der Waals surface area contributed by atoms with Gasteiger partial charge >= 0.3 is 12.1 Å². The van der Waals surface area contributed by atoms with Crippen molar-refractivity contribution in [2.75, 3.05) is 161 Å². The molecule has 0 saturated carbocycles. The molecule has 0 unspecified atom stereocenters. The summed E-state index contributed by atoms with van der Waals surface area (Å²) >= 11 is 34.4. The summed E-state index contributed by atoms with van der Waals surface area (Å²) in [7, 11) is 0. The average Bonchev–Trinajstić information content (AvgIpc) is 0.835. The molecule has 3 aromatic carbocycles. The minimum absolute atomic E-state index is 0. The standard InChI is InChI=1S/2C20H26ClN5O.C12H15N.2C9H13ClN4.C5H4Cl2N2.C4H10N2.HI/c1-14-13-17(23-24-18(14)21)25-9-11-26(12-10-25)19(27)22-16-7-5-15(6-8-16)20(2,3)4;1-14-13-17(21)23-24-18(14)25-9-11-26(12-10-25)19(27)22-16-7-5-15(6-8-16)20(2,3)4;1-5-13-11-8-6-10(7-9-11)12(2,3)4;1-7-6-8(12-13-9(7)10)14-4-2-11-3-5-14;1-7-6-8(10)12-13-9(7)14-4-2-11-3-5-14;1-3-2-4(6)8-9-5(3)7;1-2-6-4-3-5-1;/h2*5-8,13H,9-12H2,1-4H3,(H,22,27);6-9H,1H2,2-4H3;2*6,11H,2-5H2,1H3;2H,1H3;5-6H,1-4H2;1H. The molecule has 600 valence electrons. The van der Waals surface area contributed by atoms with Crippen molar-refractivity contribution < 1.29 is 9.59 Å². The Kier molecular flexibility index (Phi) is 37.8. The number of urea groups is 2. The summed E-state index contributed by atoms with van der Waals surface area (Å²) < 4.78 is 0. The number of hydrogen-bond donors (Lipinski definition) is 6. The van der Waals surface area contributed by atoms with Crippen molar-refractivity contribution in [2.45, 2.75) is 113 Å². The van der Waals surface area contributed by atoms with Gasteiger partial charge in [0.1, 0.15) is 0 Å². The Morgan fingerprint density at radius 3 is 0.982 bits per heavy atom. The first-order valence-corrected chi connectivity index (χ1v) is 39.2. The van der Waals surface area contributed by atoms with Crippen LogP contribution in [0.5, 0.6) is 0 Å². The maximum atomic E-state index is 12.6. The molecule has 6 N–H and O–H groups in total. The number of halogens is 7. The van der Waals surface area contributed by atoms with E-state index in [0.717, 1.165) is 147 Å². The van der Waals surface area contributed by atoms with Crippen LogP contribution in [0.25, 0.3) is 0 Å². The van der Waals surface area contributed by atoms with Gasteiger partial charge in [-0.05, 0) is 175 Å². The number of rotatable bonds is 7. The summed E-state index contributed by atoms with van der Waals surface area (Å²) in [4.78, 5) is 41.4. The lowest BCUT2D eigenvalue weighted by Gasteiger charge is -2.35. The minimum atomic E-state index is -0.0727. The summed E-state index contributed by atoms with van der Waals surface area (Å²) in [5.41, 5.74) is 11.6. The molecule has 5 saturated heterocycles. The molecule has 0 bridgehead atoms. The van der Waals surface area contributed by atoms with Gasteiger partial charge in [0.2, 0.25) is 0 Å². The van der Waals surface area contributed by atoms with Gasteiger partial charge in [-0.25, -0.2) is 14.6 Å². The highest BCUT2D eigenvalue weighted by Gasteiger charge is 2.26. The number of benzene rings is 3. The van der Waals surface area contributed by atoms with Gasteiger partial charge in [-0.1, -0.05) is 168 Å². The van der Waals surface area contributed by atoms with Crippen LogP contribution in [0.2, 0.25) is 30.9 Å². The quantitative estimate of drug-likeness (QED) is 0.0639. The molecule has 111 heavy (non-hydrogen) atoms. The highest BCUT2D eigenvalue weighted by Crippen LogP contribution is 2.29. The normalized spacial score (nSPS) is 15.0. The summed E-state index contributed by atoms with van der Waals surface area (Å²) in [5, 5.41) is 60.9. The first-order valence-electron chi connectivity index (χ1n) is 36.9. The lowest BCUT2D eigenvalue weighted by atomic mass is 9.87. The van der Waals surface area contributed by atoms with E-state index in [9.17, 15) is 9.59 Å². The number of piperazine rings is 5. The third-order valence-electron chi connectivity index (χ3n) is 18.1. The lowest BCUT2D eigenvalue weighted by molar-refractivity contribution is 0.207. The molecule has 0 spiro atoms. The first-order chi connectivity index (χ1) is 52.2. The molecule has 25 nitrogen and oxygen atoms in total. The smallest absolute Gasteiger partial charge is 0.321 e. The Hall–Kier alpha value is -7.44. The Morgan fingerprint density at radius 2 is 0.667 bits per heavy atom. The predicted octanol–water partition coefficient (Wildman–Crippen LogP) is 15.2. The van der Waals surface area contributed by atoms with Gasteiger partial charge in [0.15, 0.2) is 54.2 Å². The average molecular weight is 1750 g/mol. The van der Waals surface area contributed by atoms with E-state index in [1.54, 1.807) is 6.07 Å². The molecule has 5 fully saturated rings. The first kappa shape index (κ1) is 92.4. The summed E-state index contributed by atoms with van der Waals surface area (Å²) in [6.07, 6.45) is 0. The summed E-state index contributed by atoms with van der Waals surface area (Å²) in [5.74, 6) is 6.03. The van der Waals surface area contributed by atoms with E-state index in [4.69, 9.17) is 69.6 Å². The Labute approximate surface area is 702 Å². The molecule has 4 amide bonds. The number of hydrogen-bond acceptors (Lipinski definition) is 21.